The third-order valence-corrected chi connectivity index (χ3v) is 2.01. The first kappa shape index (κ1) is 11.2. The minimum absolute atomic E-state index is 0.130. The molecule has 0 radical (unpaired) electrons. The quantitative estimate of drug-likeness (QED) is 0.807. The van der Waals surface area contributed by atoms with E-state index >= 15 is 0 Å². The summed E-state index contributed by atoms with van der Waals surface area (Å²) in [6.45, 7) is 11.5. The van der Waals surface area contributed by atoms with Gasteiger partial charge in [-0.1, -0.05) is 19.0 Å². The van der Waals surface area contributed by atoms with E-state index in [0.29, 0.717) is 5.92 Å². The van der Waals surface area contributed by atoms with Crippen LogP contribution in [-0.2, 0) is 6.54 Å². The molecule has 0 unspecified atom stereocenters. The molecule has 1 heterocycles. The van der Waals surface area contributed by atoms with E-state index in [1.807, 2.05) is 0 Å². The van der Waals surface area contributed by atoms with Crippen molar-refractivity contribution in [2.75, 3.05) is 0 Å². The van der Waals surface area contributed by atoms with Gasteiger partial charge in [0, 0.05) is 23.6 Å². The molecular formula is C11H20N2O. The molecule has 0 spiro atoms. The number of nitrogens with one attached hydrogen (secondary N) is 1. The van der Waals surface area contributed by atoms with Crippen LogP contribution in [0.1, 0.15) is 51.9 Å². The first-order valence-corrected chi connectivity index (χ1v) is 5.08. The average Bonchev–Trinajstić information content (AvgIpc) is 2.46. The molecule has 3 heteroatoms. The van der Waals surface area contributed by atoms with Crippen molar-refractivity contribution >= 4 is 0 Å². The highest BCUT2D eigenvalue weighted by Crippen LogP contribution is 2.19. The van der Waals surface area contributed by atoms with Gasteiger partial charge >= 0.3 is 0 Å². The summed E-state index contributed by atoms with van der Waals surface area (Å²) in [4.78, 5) is 0. The van der Waals surface area contributed by atoms with Crippen LogP contribution in [0.15, 0.2) is 10.7 Å². The first-order chi connectivity index (χ1) is 6.40. The van der Waals surface area contributed by atoms with Gasteiger partial charge < -0.3 is 9.84 Å². The standard InChI is InChI=1S/C11H20N2O/c1-8(2)10-9(7-13-14-10)6-12-11(3,4)5/h7-8,12H,6H2,1-5H3. The van der Waals surface area contributed by atoms with Gasteiger partial charge in [-0.3, -0.25) is 0 Å². The van der Waals surface area contributed by atoms with Crippen LogP contribution in [-0.4, -0.2) is 10.7 Å². The number of aromatic nitrogens is 1. The Morgan fingerprint density at radius 3 is 2.57 bits per heavy atom. The normalized spacial score (nSPS) is 12.4. The van der Waals surface area contributed by atoms with E-state index in [4.69, 9.17) is 4.52 Å². The minimum Gasteiger partial charge on any atom is -0.361 e. The van der Waals surface area contributed by atoms with Crippen molar-refractivity contribution in [2.45, 2.75) is 52.6 Å². The fraction of sp³-hybridized carbons (Fsp3) is 0.727. The van der Waals surface area contributed by atoms with E-state index in [-0.39, 0.29) is 5.54 Å². The van der Waals surface area contributed by atoms with Crippen LogP contribution in [0.2, 0.25) is 0 Å². The highest BCUT2D eigenvalue weighted by Gasteiger charge is 2.14. The molecule has 0 saturated carbocycles. The Kier molecular flexibility index (Phi) is 3.32. The second-order valence-corrected chi connectivity index (χ2v) is 4.97. The molecule has 0 atom stereocenters. The van der Waals surface area contributed by atoms with Crippen LogP contribution < -0.4 is 5.32 Å². The Hall–Kier alpha value is -0.830. The highest BCUT2D eigenvalue weighted by molar-refractivity contribution is 5.16. The monoisotopic (exact) mass is 196 g/mol. The predicted octanol–water partition coefficient (Wildman–Crippen LogP) is 2.69. The molecule has 0 saturated heterocycles. The summed E-state index contributed by atoms with van der Waals surface area (Å²) >= 11 is 0. The zero-order valence-electron chi connectivity index (χ0n) is 9.72. The Balaban J connectivity index is 2.63. The lowest BCUT2D eigenvalue weighted by Crippen LogP contribution is -2.35. The van der Waals surface area contributed by atoms with Crippen LogP contribution in [0, 0.1) is 0 Å². The van der Waals surface area contributed by atoms with Gasteiger partial charge in [-0.15, -0.1) is 0 Å². The Morgan fingerprint density at radius 1 is 1.43 bits per heavy atom. The van der Waals surface area contributed by atoms with Crippen molar-refractivity contribution in [2.24, 2.45) is 0 Å². The summed E-state index contributed by atoms with van der Waals surface area (Å²) in [5, 5.41) is 7.25. The van der Waals surface area contributed by atoms with Crippen molar-refractivity contribution in [1.29, 1.82) is 0 Å². The number of nitrogens with zero attached hydrogens (tertiary/aromatic N) is 1. The van der Waals surface area contributed by atoms with Gasteiger partial charge in [0.05, 0.1) is 6.20 Å². The van der Waals surface area contributed by atoms with Crippen molar-refractivity contribution in [3.8, 4) is 0 Å². The third-order valence-electron chi connectivity index (χ3n) is 2.01. The highest BCUT2D eigenvalue weighted by atomic mass is 16.5. The lowest BCUT2D eigenvalue weighted by atomic mass is 10.1. The molecule has 1 aromatic heterocycles. The van der Waals surface area contributed by atoms with E-state index in [2.05, 4.69) is 45.1 Å². The van der Waals surface area contributed by atoms with Crippen LogP contribution in [0.4, 0.5) is 0 Å². The fourth-order valence-electron chi connectivity index (χ4n) is 1.24. The smallest absolute Gasteiger partial charge is 0.143 e. The Labute approximate surface area is 85.9 Å². The molecular weight excluding hydrogens is 176 g/mol. The number of rotatable bonds is 3. The summed E-state index contributed by atoms with van der Waals surface area (Å²) in [6.07, 6.45) is 1.80. The summed E-state index contributed by atoms with van der Waals surface area (Å²) in [5.41, 5.74) is 1.29. The molecule has 0 bridgehead atoms. The van der Waals surface area contributed by atoms with Gasteiger partial charge in [-0.05, 0) is 20.8 Å². The topological polar surface area (TPSA) is 38.1 Å². The summed E-state index contributed by atoms with van der Waals surface area (Å²) in [5.74, 6) is 1.39. The number of hydrogen-bond acceptors (Lipinski definition) is 3. The second kappa shape index (κ2) is 4.13. The average molecular weight is 196 g/mol. The number of hydrogen-bond donors (Lipinski definition) is 1. The largest absolute Gasteiger partial charge is 0.361 e. The molecule has 0 aliphatic rings. The van der Waals surface area contributed by atoms with Crippen LogP contribution in [0.5, 0.6) is 0 Å². The maximum absolute atomic E-state index is 5.20. The van der Waals surface area contributed by atoms with Crippen molar-refractivity contribution in [1.82, 2.24) is 10.5 Å². The van der Waals surface area contributed by atoms with Crippen LogP contribution in [0.3, 0.4) is 0 Å². The summed E-state index contributed by atoms with van der Waals surface area (Å²) in [7, 11) is 0. The predicted molar refractivity (Wildman–Crippen MR) is 57.2 cm³/mol. The van der Waals surface area contributed by atoms with E-state index in [0.717, 1.165) is 17.9 Å². The molecule has 0 amide bonds. The third kappa shape index (κ3) is 3.14. The van der Waals surface area contributed by atoms with Crippen molar-refractivity contribution < 1.29 is 4.52 Å². The van der Waals surface area contributed by atoms with Gasteiger partial charge in [0.25, 0.3) is 0 Å². The van der Waals surface area contributed by atoms with Gasteiger partial charge in [-0.25, -0.2) is 0 Å². The van der Waals surface area contributed by atoms with E-state index in [9.17, 15) is 0 Å². The fourth-order valence-corrected chi connectivity index (χ4v) is 1.24. The zero-order valence-corrected chi connectivity index (χ0v) is 9.72. The minimum atomic E-state index is 0.130. The van der Waals surface area contributed by atoms with Crippen LogP contribution in [0.25, 0.3) is 0 Å². The maximum Gasteiger partial charge on any atom is 0.143 e. The second-order valence-electron chi connectivity index (χ2n) is 4.97. The molecule has 0 aliphatic heterocycles. The zero-order chi connectivity index (χ0) is 10.8. The van der Waals surface area contributed by atoms with Gasteiger partial charge in [0.15, 0.2) is 0 Å². The molecule has 0 aliphatic carbocycles. The Bertz CT molecular complexity index is 284. The SMILES string of the molecule is CC(C)c1oncc1CNC(C)(C)C. The molecule has 3 nitrogen and oxygen atoms in total. The molecule has 80 valence electrons. The van der Waals surface area contributed by atoms with E-state index in [1.165, 1.54) is 0 Å². The molecule has 0 fully saturated rings. The van der Waals surface area contributed by atoms with Gasteiger partial charge in [0.2, 0.25) is 0 Å². The molecule has 1 aromatic rings. The molecule has 14 heavy (non-hydrogen) atoms. The van der Waals surface area contributed by atoms with E-state index in [1.54, 1.807) is 6.20 Å². The van der Waals surface area contributed by atoms with Crippen LogP contribution >= 0.6 is 0 Å². The summed E-state index contributed by atoms with van der Waals surface area (Å²) < 4.78 is 5.20. The van der Waals surface area contributed by atoms with Gasteiger partial charge in [-0.2, -0.15) is 0 Å². The lowest BCUT2D eigenvalue weighted by Gasteiger charge is -2.20. The molecule has 1 N–H and O–H groups in total. The van der Waals surface area contributed by atoms with Crippen molar-refractivity contribution in [3.05, 3.63) is 17.5 Å². The molecule has 1 rings (SSSR count). The van der Waals surface area contributed by atoms with E-state index < -0.39 is 0 Å². The maximum atomic E-state index is 5.20. The first-order valence-electron chi connectivity index (χ1n) is 5.08. The summed E-state index contributed by atoms with van der Waals surface area (Å²) in [6, 6.07) is 0. The lowest BCUT2D eigenvalue weighted by molar-refractivity contribution is 0.365. The van der Waals surface area contributed by atoms with Gasteiger partial charge in [0.1, 0.15) is 5.76 Å². The molecule has 0 aromatic carbocycles. The van der Waals surface area contributed by atoms with Crippen molar-refractivity contribution in [3.63, 3.8) is 0 Å². The Morgan fingerprint density at radius 2 is 2.07 bits per heavy atom.